The Morgan fingerprint density at radius 1 is 1.26 bits per heavy atom. The molecule has 27 heavy (non-hydrogen) atoms. The first-order valence-corrected chi connectivity index (χ1v) is 8.67. The summed E-state index contributed by atoms with van der Waals surface area (Å²) in [6.07, 6.45) is 0. The fourth-order valence-electron chi connectivity index (χ4n) is 2.34. The van der Waals surface area contributed by atoms with E-state index in [-0.39, 0.29) is 35.7 Å². The summed E-state index contributed by atoms with van der Waals surface area (Å²) < 4.78 is 38.0. The summed E-state index contributed by atoms with van der Waals surface area (Å²) in [4.78, 5) is 17.5. The first-order chi connectivity index (χ1) is 13.0. The molecule has 0 aliphatic carbocycles. The number of amides is 1. The summed E-state index contributed by atoms with van der Waals surface area (Å²) in [6, 6.07) is 5.85. The third-order valence-corrected chi connectivity index (χ3v) is 4.34. The first kappa shape index (κ1) is 19.1. The number of methoxy groups -OCH3 is 1. The van der Waals surface area contributed by atoms with Crippen molar-refractivity contribution in [1.82, 2.24) is 15.1 Å². The number of ether oxygens (including phenoxy) is 1. The van der Waals surface area contributed by atoms with Crippen molar-refractivity contribution in [1.29, 1.82) is 0 Å². The monoisotopic (exact) mass is 394 g/mol. The van der Waals surface area contributed by atoms with Gasteiger partial charge in [-0.3, -0.25) is 9.63 Å². The van der Waals surface area contributed by atoms with Crippen LogP contribution in [0.1, 0.15) is 15.9 Å². The summed E-state index contributed by atoms with van der Waals surface area (Å²) >= 11 is 0.941. The number of carbonyl (C=O) groups excluding carboxylic acids is 1. The normalized spacial score (nSPS) is 11.0. The van der Waals surface area contributed by atoms with Crippen molar-refractivity contribution in [3.05, 3.63) is 47.0 Å². The van der Waals surface area contributed by atoms with Gasteiger partial charge in [-0.2, -0.15) is 0 Å². The van der Waals surface area contributed by atoms with Crippen molar-refractivity contribution >= 4 is 39.0 Å². The van der Waals surface area contributed by atoms with E-state index in [0.717, 1.165) is 11.5 Å². The molecule has 10 heteroatoms. The van der Waals surface area contributed by atoms with Gasteiger partial charge in [0.05, 0.1) is 34.9 Å². The molecule has 0 aliphatic heterocycles. The summed E-state index contributed by atoms with van der Waals surface area (Å²) in [5.74, 6) is -2.08. The average Bonchev–Trinajstić information content (AvgIpc) is 3.11. The molecule has 142 valence electrons. The number of benzene rings is 2. The minimum Gasteiger partial charge on any atom is -0.382 e. The van der Waals surface area contributed by atoms with Gasteiger partial charge in [-0.1, -0.05) is 10.6 Å². The Kier molecular flexibility index (Phi) is 5.89. The molecule has 2 N–H and O–H groups in total. The van der Waals surface area contributed by atoms with Crippen LogP contribution in [0.2, 0.25) is 0 Å². The quantitative estimate of drug-likeness (QED) is 0.472. The van der Waals surface area contributed by atoms with Crippen LogP contribution in [-0.4, -0.2) is 35.8 Å². The van der Waals surface area contributed by atoms with Crippen LogP contribution < -0.4 is 10.8 Å². The minimum absolute atomic E-state index is 0.00753. The summed E-state index contributed by atoms with van der Waals surface area (Å²) in [6.45, 7) is 2.12. The predicted octanol–water partition coefficient (Wildman–Crippen LogP) is 3.33. The lowest BCUT2D eigenvalue weighted by Crippen LogP contribution is -2.26. The number of aryl methyl sites for hydroxylation is 1. The topological polar surface area (TPSA) is 85.4 Å². The smallest absolute Gasteiger partial charge is 0.277 e. The van der Waals surface area contributed by atoms with E-state index in [0.29, 0.717) is 10.3 Å². The number of hydrogen-bond acceptors (Lipinski definition) is 7. The van der Waals surface area contributed by atoms with E-state index < -0.39 is 17.5 Å². The van der Waals surface area contributed by atoms with E-state index in [1.807, 2.05) is 0 Å². The lowest BCUT2D eigenvalue weighted by Gasteiger charge is -2.14. The van der Waals surface area contributed by atoms with E-state index in [1.54, 1.807) is 13.0 Å². The summed E-state index contributed by atoms with van der Waals surface area (Å²) in [7, 11) is 1.49. The van der Waals surface area contributed by atoms with Crippen molar-refractivity contribution in [2.45, 2.75) is 6.92 Å². The second-order valence-electron chi connectivity index (χ2n) is 5.61. The Bertz CT molecular complexity index is 980. The lowest BCUT2D eigenvalue weighted by atomic mass is 10.1. The molecule has 0 unspecified atom stereocenters. The Labute approximate surface area is 157 Å². The maximum atomic E-state index is 14.9. The molecule has 2 aromatic carbocycles. The largest absolute Gasteiger partial charge is 0.382 e. The Balaban J connectivity index is 1.98. The van der Waals surface area contributed by atoms with E-state index in [4.69, 9.17) is 9.57 Å². The lowest BCUT2D eigenvalue weighted by molar-refractivity contribution is 0.00893. The molecule has 0 saturated carbocycles. The van der Waals surface area contributed by atoms with E-state index in [1.165, 1.54) is 25.3 Å². The van der Waals surface area contributed by atoms with E-state index in [9.17, 15) is 13.6 Å². The molecule has 3 aromatic rings. The van der Waals surface area contributed by atoms with Crippen LogP contribution in [0, 0.1) is 18.6 Å². The molecule has 0 saturated heterocycles. The number of aromatic nitrogens is 2. The third kappa shape index (κ3) is 4.18. The zero-order valence-electron chi connectivity index (χ0n) is 14.5. The molecule has 1 amide bonds. The zero-order chi connectivity index (χ0) is 19.4. The molecule has 0 bridgehead atoms. The molecular weight excluding hydrogens is 378 g/mol. The molecule has 0 spiro atoms. The van der Waals surface area contributed by atoms with Gasteiger partial charge in [0.25, 0.3) is 5.91 Å². The van der Waals surface area contributed by atoms with Gasteiger partial charge in [-0.25, -0.2) is 14.3 Å². The van der Waals surface area contributed by atoms with Crippen LogP contribution in [0.4, 0.5) is 20.2 Å². The highest BCUT2D eigenvalue weighted by atomic mass is 32.1. The zero-order valence-corrected chi connectivity index (χ0v) is 15.3. The molecule has 3 rings (SSSR count). The maximum absolute atomic E-state index is 14.9. The second kappa shape index (κ2) is 8.33. The molecule has 0 atom stereocenters. The van der Waals surface area contributed by atoms with Crippen molar-refractivity contribution in [3.8, 4) is 0 Å². The number of nitrogens with zero attached hydrogens (tertiary/aromatic N) is 2. The first-order valence-electron chi connectivity index (χ1n) is 7.90. The number of halogens is 2. The average molecular weight is 394 g/mol. The predicted molar refractivity (Wildman–Crippen MR) is 97.1 cm³/mol. The van der Waals surface area contributed by atoms with Gasteiger partial charge in [0.1, 0.15) is 11.3 Å². The number of anilines is 2. The molecular formula is C17H16F2N4O3S. The highest BCUT2D eigenvalue weighted by molar-refractivity contribution is 7.13. The van der Waals surface area contributed by atoms with Gasteiger partial charge in [0.2, 0.25) is 0 Å². The van der Waals surface area contributed by atoms with Gasteiger partial charge < -0.3 is 10.1 Å². The SMILES string of the molecule is COCCONC(=O)c1cc2snnc2c(F)c1Nc1ccc(C)cc1F. The summed E-state index contributed by atoms with van der Waals surface area (Å²) in [5, 5.41) is 6.37. The number of rotatable bonds is 7. The number of hydroxylamine groups is 1. The van der Waals surface area contributed by atoms with Crippen LogP contribution in [0.25, 0.3) is 10.2 Å². The summed E-state index contributed by atoms with van der Waals surface area (Å²) in [5.41, 5.74) is 2.66. The maximum Gasteiger partial charge on any atom is 0.277 e. The highest BCUT2D eigenvalue weighted by Crippen LogP contribution is 2.32. The van der Waals surface area contributed by atoms with Crippen LogP contribution >= 0.6 is 11.5 Å². The molecule has 7 nitrogen and oxygen atoms in total. The molecule has 1 aromatic heterocycles. The number of fused-ring (bicyclic) bond motifs is 1. The van der Waals surface area contributed by atoms with Crippen molar-refractivity contribution < 1.29 is 23.1 Å². The second-order valence-corrected chi connectivity index (χ2v) is 6.40. The molecule has 0 radical (unpaired) electrons. The minimum atomic E-state index is -0.803. The fourth-order valence-corrected chi connectivity index (χ4v) is 2.94. The number of carbonyl (C=O) groups is 1. The van der Waals surface area contributed by atoms with Gasteiger partial charge in [-0.15, -0.1) is 5.10 Å². The van der Waals surface area contributed by atoms with E-state index in [2.05, 4.69) is 20.4 Å². The Morgan fingerprint density at radius 2 is 2.07 bits per heavy atom. The van der Waals surface area contributed by atoms with Gasteiger partial charge in [0.15, 0.2) is 5.82 Å². The number of hydrogen-bond donors (Lipinski definition) is 2. The van der Waals surface area contributed by atoms with Crippen LogP contribution in [0.15, 0.2) is 24.3 Å². The van der Waals surface area contributed by atoms with Crippen molar-refractivity contribution in [2.75, 3.05) is 25.6 Å². The van der Waals surface area contributed by atoms with Gasteiger partial charge in [-0.05, 0) is 42.2 Å². The van der Waals surface area contributed by atoms with Crippen LogP contribution in [-0.2, 0) is 9.57 Å². The third-order valence-electron chi connectivity index (χ3n) is 3.67. The fraction of sp³-hybridized carbons (Fsp3) is 0.235. The Hall–Kier alpha value is -2.69. The van der Waals surface area contributed by atoms with Gasteiger partial charge >= 0.3 is 0 Å². The molecule has 1 heterocycles. The number of nitrogens with one attached hydrogen (secondary N) is 2. The highest BCUT2D eigenvalue weighted by Gasteiger charge is 2.22. The van der Waals surface area contributed by atoms with Crippen LogP contribution in [0.5, 0.6) is 0 Å². The van der Waals surface area contributed by atoms with Crippen molar-refractivity contribution in [3.63, 3.8) is 0 Å². The Morgan fingerprint density at radius 3 is 2.81 bits per heavy atom. The van der Waals surface area contributed by atoms with Gasteiger partial charge in [0, 0.05) is 7.11 Å². The van der Waals surface area contributed by atoms with E-state index >= 15 is 0 Å². The molecule has 0 aliphatic rings. The molecule has 0 fully saturated rings. The standard InChI is InChI=1S/C17H16F2N4O3S/c1-9-3-4-12(11(18)7-9)20-15-10(17(24)22-26-6-5-25-2)8-13-16(14(15)19)21-23-27-13/h3-4,7-8,20H,5-6H2,1-2H3,(H,22,24). The van der Waals surface area contributed by atoms with Crippen LogP contribution in [0.3, 0.4) is 0 Å². The van der Waals surface area contributed by atoms with Crippen molar-refractivity contribution in [2.24, 2.45) is 0 Å².